The van der Waals surface area contributed by atoms with Gasteiger partial charge >= 0.3 is 0 Å². The second-order valence-corrected chi connectivity index (χ2v) is 4.07. The van der Waals surface area contributed by atoms with Gasteiger partial charge in [-0.2, -0.15) is 0 Å². The molecule has 0 heterocycles. The van der Waals surface area contributed by atoms with Gasteiger partial charge in [0, 0.05) is 12.0 Å². The molecule has 5 nitrogen and oxygen atoms in total. The highest BCUT2D eigenvalue weighted by molar-refractivity contribution is 6.22. The number of Topliss-reactive ketones (excluding diaryl/α,β-unsaturated/α-hetero) is 1. The highest BCUT2D eigenvalue weighted by Crippen LogP contribution is 2.33. The number of ketones is 1. The van der Waals surface area contributed by atoms with Crippen LogP contribution in [0.5, 0.6) is 5.75 Å². The van der Waals surface area contributed by atoms with Crippen LogP contribution in [0, 0.1) is 10.1 Å². The third-order valence-electron chi connectivity index (χ3n) is 2.95. The predicted molar refractivity (Wildman–Crippen MR) is 66.5 cm³/mol. The average molecular weight is 247 g/mol. The molecule has 0 saturated carbocycles. The van der Waals surface area contributed by atoms with Crippen molar-refractivity contribution < 1.29 is 14.5 Å². The fraction of sp³-hybridized carbons (Fsp3) is 0.308. The monoisotopic (exact) mass is 247 g/mol. The molecule has 1 aromatic rings. The van der Waals surface area contributed by atoms with E-state index in [1.807, 2.05) is 0 Å². The Morgan fingerprint density at radius 3 is 2.78 bits per heavy atom. The van der Waals surface area contributed by atoms with E-state index in [4.69, 9.17) is 4.74 Å². The molecule has 94 valence electrons. The van der Waals surface area contributed by atoms with E-state index >= 15 is 0 Å². The maximum absolute atomic E-state index is 11.8. The summed E-state index contributed by atoms with van der Waals surface area (Å²) in [5.74, 6) is 0.379. The normalized spacial score (nSPS) is 15.2. The molecule has 1 aromatic carbocycles. The van der Waals surface area contributed by atoms with Gasteiger partial charge in [0.25, 0.3) is 5.69 Å². The molecule has 0 atom stereocenters. The zero-order valence-electron chi connectivity index (χ0n) is 10.0. The first-order chi connectivity index (χ1) is 8.63. The summed E-state index contributed by atoms with van der Waals surface area (Å²) in [6, 6.07) is 4.55. The topological polar surface area (TPSA) is 69.4 Å². The second kappa shape index (κ2) is 5.00. The van der Waals surface area contributed by atoms with Crippen LogP contribution < -0.4 is 4.74 Å². The quantitative estimate of drug-likeness (QED) is 0.608. The highest BCUT2D eigenvalue weighted by Gasteiger charge is 2.23. The molecule has 1 aliphatic rings. The molecule has 5 heteroatoms. The number of hydrogen-bond donors (Lipinski definition) is 0. The zero-order valence-corrected chi connectivity index (χ0v) is 10.0. The van der Waals surface area contributed by atoms with Crippen molar-refractivity contribution in [1.29, 1.82) is 0 Å². The van der Waals surface area contributed by atoms with Gasteiger partial charge in [0.15, 0.2) is 5.78 Å². The molecule has 18 heavy (non-hydrogen) atoms. The molecular weight excluding hydrogens is 234 g/mol. The van der Waals surface area contributed by atoms with Crippen molar-refractivity contribution in [2.24, 2.45) is 0 Å². The average Bonchev–Trinajstić information content (AvgIpc) is 2.38. The second-order valence-electron chi connectivity index (χ2n) is 4.07. The summed E-state index contributed by atoms with van der Waals surface area (Å²) in [5, 5.41) is 11.1. The van der Waals surface area contributed by atoms with E-state index in [1.54, 1.807) is 18.2 Å². The minimum atomic E-state index is -0.486. The van der Waals surface area contributed by atoms with Crippen LogP contribution in [0.2, 0.25) is 0 Å². The summed E-state index contributed by atoms with van der Waals surface area (Å²) in [7, 11) is 1.45. The third kappa shape index (κ3) is 2.25. The largest absolute Gasteiger partial charge is 0.497 e. The van der Waals surface area contributed by atoms with Crippen molar-refractivity contribution in [3.05, 3.63) is 40.0 Å². The summed E-state index contributed by atoms with van der Waals surface area (Å²) in [4.78, 5) is 22.4. The molecule has 0 bridgehead atoms. The summed E-state index contributed by atoms with van der Waals surface area (Å²) in [5.41, 5.74) is 0.747. The molecule has 0 aromatic heterocycles. The number of nitrogens with zero attached hydrogens (tertiary/aromatic N) is 1. The summed E-state index contributed by atoms with van der Waals surface area (Å²) < 4.78 is 4.97. The number of allylic oxidation sites excluding steroid dienone is 2. The molecule has 0 unspecified atom stereocenters. The minimum absolute atomic E-state index is 0.0329. The van der Waals surface area contributed by atoms with Crippen molar-refractivity contribution in [3.63, 3.8) is 0 Å². The van der Waals surface area contributed by atoms with E-state index < -0.39 is 4.92 Å². The lowest BCUT2D eigenvalue weighted by Crippen LogP contribution is -2.08. The molecule has 0 radical (unpaired) electrons. The van der Waals surface area contributed by atoms with Gasteiger partial charge in [0.05, 0.1) is 23.7 Å². The molecule has 0 saturated heterocycles. The fourth-order valence-electron chi connectivity index (χ4n) is 2.03. The standard InChI is InChI=1S/C13H13NO4/c1-18-9-6-7-10(12(8-9)14(16)17)11-4-2-3-5-13(11)15/h4,6-8H,2-3,5H2,1H3. The number of carbonyl (C=O) groups is 1. The van der Waals surface area contributed by atoms with E-state index in [0.717, 1.165) is 12.8 Å². The SMILES string of the molecule is COc1ccc(C2=CCCCC2=O)c([N+](=O)[O-])c1. The Labute approximate surface area is 104 Å². The van der Waals surface area contributed by atoms with Gasteiger partial charge in [-0.1, -0.05) is 6.08 Å². The van der Waals surface area contributed by atoms with E-state index in [9.17, 15) is 14.9 Å². The first-order valence-electron chi connectivity index (χ1n) is 5.69. The Morgan fingerprint density at radius 1 is 1.39 bits per heavy atom. The lowest BCUT2D eigenvalue weighted by Gasteiger charge is -2.12. The first kappa shape index (κ1) is 12.3. The fourth-order valence-corrected chi connectivity index (χ4v) is 2.03. The van der Waals surface area contributed by atoms with Crippen LogP contribution in [-0.2, 0) is 4.79 Å². The number of carbonyl (C=O) groups excluding carboxylic acids is 1. The maximum Gasteiger partial charge on any atom is 0.281 e. The van der Waals surface area contributed by atoms with Gasteiger partial charge in [-0.25, -0.2) is 0 Å². The van der Waals surface area contributed by atoms with Crippen LogP contribution >= 0.6 is 0 Å². The Hall–Kier alpha value is -2.17. The summed E-state index contributed by atoms with van der Waals surface area (Å²) >= 11 is 0. The van der Waals surface area contributed by atoms with Crippen molar-refractivity contribution in [2.45, 2.75) is 19.3 Å². The van der Waals surface area contributed by atoms with Gasteiger partial charge in [-0.05, 0) is 25.0 Å². The Morgan fingerprint density at radius 2 is 2.17 bits per heavy atom. The number of benzene rings is 1. The summed E-state index contributed by atoms with van der Waals surface area (Å²) in [6.45, 7) is 0. The van der Waals surface area contributed by atoms with Crippen LogP contribution in [0.1, 0.15) is 24.8 Å². The molecular formula is C13H13NO4. The van der Waals surface area contributed by atoms with Crippen LogP contribution in [0.25, 0.3) is 5.57 Å². The van der Waals surface area contributed by atoms with E-state index in [2.05, 4.69) is 0 Å². The number of hydrogen-bond acceptors (Lipinski definition) is 4. The maximum atomic E-state index is 11.8. The van der Waals surface area contributed by atoms with Gasteiger partial charge in [0.1, 0.15) is 5.75 Å². The molecule has 0 fully saturated rings. The molecule has 0 N–H and O–H groups in total. The van der Waals surface area contributed by atoms with Crippen LogP contribution in [0.3, 0.4) is 0 Å². The van der Waals surface area contributed by atoms with E-state index in [0.29, 0.717) is 23.3 Å². The van der Waals surface area contributed by atoms with Crippen molar-refractivity contribution in [3.8, 4) is 5.75 Å². The van der Waals surface area contributed by atoms with Gasteiger partial charge in [-0.3, -0.25) is 14.9 Å². The Bertz CT molecular complexity index is 534. The van der Waals surface area contributed by atoms with E-state index in [1.165, 1.54) is 13.2 Å². The number of nitro benzene ring substituents is 1. The predicted octanol–water partition coefficient (Wildman–Crippen LogP) is 2.74. The zero-order chi connectivity index (χ0) is 13.1. The lowest BCUT2D eigenvalue weighted by atomic mass is 9.91. The lowest BCUT2D eigenvalue weighted by molar-refractivity contribution is -0.385. The van der Waals surface area contributed by atoms with Crippen LogP contribution in [0.15, 0.2) is 24.3 Å². The number of nitro groups is 1. The molecule has 0 aliphatic heterocycles. The van der Waals surface area contributed by atoms with Gasteiger partial charge in [-0.15, -0.1) is 0 Å². The van der Waals surface area contributed by atoms with Crippen molar-refractivity contribution in [2.75, 3.05) is 7.11 Å². The van der Waals surface area contributed by atoms with Crippen LogP contribution in [-0.4, -0.2) is 17.8 Å². The van der Waals surface area contributed by atoms with Crippen LogP contribution in [0.4, 0.5) is 5.69 Å². The van der Waals surface area contributed by atoms with Gasteiger partial charge in [0.2, 0.25) is 0 Å². The van der Waals surface area contributed by atoms with E-state index in [-0.39, 0.29) is 11.5 Å². The molecule has 0 amide bonds. The third-order valence-corrected chi connectivity index (χ3v) is 2.95. The molecule has 0 spiro atoms. The minimum Gasteiger partial charge on any atom is -0.497 e. The first-order valence-corrected chi connectivity index (χ1v) is 5.69. The number of ether oxygens (including phenoxy) is 1. The van der Waals surface area contributed by atoms with Gasteiger partial charge < -0.3 is 4.74 Å². The summed E-state index contributed by atoms with van der Waals surface area (Å²) in [6.07, 6.45) is 3.83. The van der Waals surface area contributed by atoms with Crippen molar-refractivity contribution in [1.82, 2.24) is 0 Å². The van der Waals surface area contributed by atoms with Crippen molar-refractivity contribution >= 4 is 17.0 Å². The molecule has 2 rings (SSSR count). The number of methoxy groups -OCH3 is 1. The Kier molecular flexibility index (Phi) is 3.41. The highest BCUT2D eigenvalue weighted by atomic mass is 16.6. The molecule has 1 aliphatic carbocycles. The smallest absolute Gasteiger partial charge is 0.281 e. The number of rotatable bonds is 3. The Balaban J connectivity index is 2.53.